The quantitative estimate of drug-likeness (QED) is 0.610. The second kappa shape index (κ2) is 4.14. The maximum absolute atomic E-state index is 8.94. The molecule has 2 aliphatic rings. The number of aromatic nitrogens is 1. The smallest absolute Gasteiger partial charge is 0.204 e. The highest BCUT2D eigenvalue weighted by atomic mass is 16.5. The lowest BCUT2D eigenvalue weighted by Gasteiger charge is -2.33. The minimum Gasteiger partial charge on any atom is -0.379 e. The zero-order valence-corrected chi connectivity index (χ0v) is 9.54. The van der Waals surface area contributed by atoms with Crippen LogP contribution in [0.5, 0.6) is 0 Å². The van der Waals surface area contributed by atoms with Crippen LogP contribution in [0.2, 0.25) is 0 Å². The van der Waals surface area contributed by atoms with Crippen molar-refractivity contribution in [2.75, 3.05) is 23.7 Å². The van der Waals surface area contributed by atoms with Crippen LogP contribution in [0.15, 0.2) is 12.1 Å². The zero-order valence-electron chi connectivity index (χ0n) is 9.54. The van der Waals surface area contributed by atoms with Gasteiger partial charge in [0.1, 0.15) is 5.82 Å². The zero-order chi connectivity index (χ0) is 11.8. The van der Waals surface area contributed by atoms with E-state index < -0.39 is 0 Å². The Labute approximate surface area is 99.3 Å². The number of morpholine rings is 1. The molecule has 5 N–H and O–H groups in total. The minimum atomic E-state index is 0.334. The number of nitrogen functional groups attached to an aromatic ring is 1. The van der Waals surface area contributed by atoms with E-state index in [1.54, 1.807) is 6.07 Å². The first kappa shape index (κ1) is 10.8. The van der Waals surface area contributed by atoms with Crippen molar-refractivity contribution >= 4 is 17.3 Å². The maximum Gasteiger partial charge on any atom is 0.204 e. The Kier molecular flexibility index (Phi) is 2.62. The van der Waals surface area contributed by atoms with Crippen molar-refractivity contribution in [1.29, 1.82) is 0 Å². The minimum absolute atomic E-state index is 0.334. The third-order valence-corrected chi connectivity index (χ3v) is 3.45. The fraction of sp³-hybridized carbons (Fsp3) is 0.545. The molecule has 2 atom stereocenters. The normalized spacial score (nSPS) is 27.5. The maximum atomic E-state index is 8.94. The van der Waals surface area contributed by atoms with E-state index in [1.165, 1.54) is 0 Å². The molecule has 17 heavy (non-hydrogen) atoms. The molecule has 0 aromatic carbocycles. The predicted molar refractivity (Wildman–Crippen MR) is 62.1 cm³/mol. The summed E-state index contributed by atoms with van der Waals surface area (Å²) in [5.74, 6) is 1.23. The third kappa shape index (κ3) is 1.95. The number of nitrogens with two attached hydrogens (primary N) is 2. The van der Waals surface area contributed by atoms with Gasteiger partial charge in [0.15, 0.2) is 5.82 Å². The van der Waals surface area contributed by atoms with E-state index in [-0.39, 0.29) is 0 Å². The van der Waals surface area contributed by atoms with E-state index in [9.17, 15) is 0 Å². The lowest BCUT2D eigenvalue weighted by molar-refractivity contribution is -0.825. The Morgan fingerprint density at radius 2 is 2.06 bits per heavy atom. The molecule has 2 fully saturated rings. The van der Waals surface area contributed by atoms with Gasteiger partial charge in [0.25, 0.3) is 0 Å². The molecule has 2 aliphatic heterocycles. The van der Waals surface area contributed by atoms with Crippen LogP contribution in [-0.4, -0.2) is 35.5 Å². The van der Waals surface area contributed by atoms with E-state index >= 15 is 0 Å². The van der Waals surface area contributed by atoms with Gasteiger partial charge in [0.2, 0.25) is 5.69 Å². The third-order valence-electron chi connectivity index (χ3n) is 3.45. The van der Waals surface area contributed by atoms with E-state index in [1.807, 2.05) is 6.07 Å². The summed E-state index contributed by atoms with van der Waals surface area (Å²) in [6.07, 6.45) is 2.94. The van der Waals surface area contributed by atoms with Gasteiger partial charge in [-0.15, -0.1) is 0 Å². The first-order valence-corrected chi connectivity index (χ1v) is 5.90. The number of pyridine rings is 1. The molecule has 3 rings (SSSR count). The molecule has 92 valence electrons. The van der Waals surface area contributed by atoms with Crippen LogP contribution in [0.1, 0.15) is 12.8 Å². The van der Waals surface area contributed by atoms with Gasteiger partial charge in [-0.05, 0) is 18.9 Å². The van der Waals surface area contributed by atoms with Crippen LogP contribution in [-0.2, 0) is 4.74 Å². The Morgan fingerprint density at radius 1 is 1.35 bits per heavy atom. The molecule has 1 aromatic heterocycles. The van der Waals surface area contributed by atoms with Crippen molar-refractivity contribution in [1.82, 2.24) is 4.98 Å². The highest BCUT2D eigenvalue weighted by molar-refractivity contribution is 5.57. The van der Waals surface area contributed by atoms with E-state index in [4.69, 9.17) is 15.7 Å². The van der Waals surface area contributed by atoms with Crippen LogP contribution in [0, 0.1) is 0 Å². The number of hydrogen-bond acceptors (Lipinski definition) is 5. The van der Waals surface area contributed by atoms with Crippen LogP contribution in [0.3, 0.4) is 0 Å². The molecular formula is C11H17N4O2+. The summed E-state index contributed by atoms with van der Waals surface area (Å²) in [5, 5.41) is 8.94. The largest absolute Gasteiger partial charge is 0.379 e. The molecule has 0 amide bonds. The summed E-state index contributed by atoms with van der Waals surface area (Å²) in [4.78, 5) is 6.53. The van der Waals surface area contributed by atoms with Crippen LogP contribution in [0.4, 0.5) is 17.3 Å². The van der Waals surface area contributed by atoms with Gasteiger partial charge in [0.05, 0.1) is 12.2 Å². The van der Waals surface area contributed by atoms with Crippen LogP contribution >= 0.6 is 0 Å². The van der Waals surface area contributed by atoms with Gasteiger partial charge >= 0.3 is 0 Å². The Hall–Kier alpha value is -1.37. The number of anilines is 2. The SMILES string of the molecule is Nc1nc(N2CC3CCC(C2)O3)ccc1[NH2+]O. The average molecular weight is 237 g/mol. The first-order valence-electron chi connectivity index (χ1n) is 5.90. The summed E-state index contributed by atoms with van der Waals surface area (Å²) in [6, 6.07) is 3.68. The van der Waals surface area contributed by atoms with Gasteiger partial charge in [0, 0.05) is 19.2 Å². The molecular weight excluding hydrogens is 220 g/mol. The molecule has 0 aliphatic carbocycles. The summed E-state index contributed by atoms with van der Waals surface area (Å²) < 4.78 is 5.78. The number of quaternary nitrogens is 1. The highest BCUT2D eigenvalue weighted by Gasteiger charge is 2.34. The number of nitrogens with zero attached hydrogens (tertiary/aromatic N) is 2. The fourth-order valence-electron chi connectivity index (χ4n) is 2.56. The summed E-state index contributed by atoms with van der Waals surface area (Å²) in [5.41, 5.74) is 7.30. The van der Waals surface area contributed by atoms with E-state index in [0.29, 0.717) is 23.7 Å². The van der Waals surface area contributed by atoms with Crippen molar-refractivity contribution in [3.63, 3.8) is 0 Å². The summed E-state index contributed by atoms with van der Waals surface area (Å²) in [6.45, 7) is 1.76. The second-order valence-electron chi connectivity index (χ2n) is 4.64. The molecule has 2 saturated heterocycles. The van der Waals surface area contributed by atoms with Crippen molar-refractivity contribution in [2.24, 2.45) is 0 Å². The molecule has 6 heteroatoms. The molecule has 0 radical (unpaired) electrons. The Balaban J connectivity index is 1.82. The van der Waals surface area contributed by atoms with Crippen molar-refractivity contribution in [3.05, 3.63) is 12.1 Å². The van der Waals surface area contributed by atoms with Crippen molar-refractivity contribution < 1.29 is 15.4 Å². The lowest BCUT2D eigenvalue weighted by Crippen LogP contribution is -2.74. The molecule has 0 saturated carbocycles. The highest BCUT2D eigenvalue weighted by Crippen LogP contribution is 2.29. The number of rotatable bonds is 2. The van der Waals surface area contributed by atoms with E-state index in [2.05, 4.69) is 9.88 Å². The molecule has 6 nitrogen and oxygen atoms in total. The van der Waals surface area contributed by atoms with Crippen molar-refractivity contribution in [2.45, 2.75) is 25.0 Å². The Bertz CT molecular complexity index is 414. The number of ether oxygens (including phenoxy) is 1. The van der Waals surface area contributed by atoms with Gasteiger partial charge < -0.3 is 15.4 Å². The molecule has 3 heterocycles. The van der Waals surface area contributed by atoms with Gasteiger partial charge in [-0.1, -0.05) is 0 Å². The second-order valence-corrected chi connectivity index (χ2v) is 4.64. The molecule has 2 bridgehead atoms. The van der Waals surface area contributed by atoms with Gasteiger partial charge in [-0.2, -0.15) is 5.48 Å². The molecule has 1 aromatic rings. The topological polar surface area (TPSA) is 88.2 Å². The monoisotopic (exact) mass is 237 g/mol. The van der Waals surface area contributed by atoms with Crippen molar-refractivity contribution in [3.8, 4) is 0 Å². The van der Waals surface area contributed by atoms with Crippen LogP contribution in [0.25, 0.3) is 0 Å². The standard InChI is InChI=1S/C11H16N4O2/c12-11-9(14-16)3-4-10(13-11)15-5-7-1-2-8(6-15)17-7/h3-4,7-8,14,16H,1-2,5-6H2,(H2,12,13)/p+1. The molecule has 2 unspecified atom stereocenters. The van der Waals surface area contributed by atoms with E-state index in [0.717, 1.165) is 37.2 Å². The Morgan fingerprint density at radius 3 is 2.65 bits per heavy atom. The molecule has 0 spiro atoms. The van der Waals surface area contributed by atoms with Gasteiger partial charge in [-0.3, -0.25) is 0 Å². The average Bonchev–Trinajstić information content (AvgIpc) is 2.68. The number of hydrogen-bond donors (Lipinski definition) is 3. The number of fused-ring (bicyclic) bond motifs is 2. The van der Waals surface area contributed by atoms with Gasteiger partial charge in [-0.25, -0.2) is 10.2 Å². The van der Waals surface area contributed by atoms with Crippen LogP contribution < -0.4 is 16.1 Å². The first-order chi connectivity index (χ1) is 8.26. The predicted octanol–water partition coefficient (Wildman–Crippen LogP) is -0.384. The lowest BCUT2D eigenvalue weighted by atomic mass is 10.2. The summed E-state index contributed by atoms with van der Waals surface area (Å²) in [7, 11) is 0. The summed E-state index contributed by atoms with van der Waals surface area (Å²) >= 11 is 0. The fourth-order valence-corrected chi connectivity index (χ4v) is 2.56.